The number of aliphatic imine (C=N–C) groups is 1. The average Bonchev–Trinajstić information content (AvgIpc) is 3.82. The zero-order valence-corrected chi connectivity index (χ0v) is 28.9. The Labute approximate surface area is 310 Å². The Morgan fingerprint density at radius 3 is 2.00 bits per heavy atom. The van der Waals surface area contributed by atoms with Crippen LogP contribution in [-0.4, -0.2) is 27.3 Å². The lowest BCUT2D eigenvalue weighted by atomic mass is 9.86. The molecular weight excluding hydrogens is 665 g/mol. The second kappa shape index (κ2) is 12.2. The molecule has 0 fully saturated rings. The Morgan fingerprint density at radius 1 is 0.463 bits per heavy atom. The van der Waals surface area contributed by atoms with Crippen LogP contribution < -0.4 is 4.74 Å². The van der Waals surface area contributed by atoms with Crippen LogP contribution in [0.25, 0.3) is 89.1 Å². The fraction of sp³-hybridized carbons (Fsp3) is 0.0417. The summed E-state index contributed by atoms with van der Waals surface area (Å²) in [6, 6.07) is 52.2. The van der Waals surface area contributed by atoms with Crippen LogP contribution in [0.5, 0.6) is 5.75 Å². The van der Waals surface area contributed by atoms with E-state index < -0.39 is 0 Å². The van der Waals surface area contributed by atoms with Crippen molar-refractivity contribution in [3.05, 3.63) is 169 Å². The molecule has 2 aromatic heterocycles. The lowest BCUT2D eigenvalue weighted by Gasteiger charge is -2.17. The lowest BCUT2D eigenvalue weighted by Crippen LogP contribution is -2.20. The van der Waals surface area contributed by atoms with Gasteiger partial charge in [-0.15, -0.1) is 0 Å². The normalized spacial score (nSPS) is 15.8. The highest BCUT2D eigenvalue weighted by Crippen LogP contribution is 2.47. The van der Waals surface area contributed by atoms with Crippen LogP contribution in [0, 0.1) is 0 Å². The summed E-state index contributed by atoms with van der Waals surface area (Å²) in [6.45, 7) is 0. The molecule has 2 aliphatic heterocycles. The number of nitrogens with zero attached hydrogens (tertiary/aromatic N) is 4. The molecule has 7 aromatic carbocycles. The fourth-order valence-electron chi connectivity index (χ4n) is 8.12. The number of furan rings is 1. The molecule has 9 aromatic rings. The molecule has 0 aliphatic carbocycles. The molecule has 6 heteroatoms. The minimum Gasteiger partial charge on any atom is -0.483 e. The summed E-state index contributed by atoms with van der Waals surface area (Å²) in [5.41, 5.74) is 10.0. The lowest BCUT2D eigenvalue weighted by molar-refractivity contribution is 0.292. The highest BCUT2D eigenvalue weighted by Gasteiger charge is 2.35. The quantitative estimate of drug-likeness (QED) is 0.179. The number of fused-ring (bicyclic) bond motifs is 7. The molecule has 2 atom stereocenters. The number of hydrogen-bond acceptors (Lipinski definition) is 6. The Hall–Kier alpha value is -7.18. The molecule has 0 bridgehead atoms. The molecule has 0 spiro atoms. The van der Waals surface area contributed by atoms with Crippen molar-refractivity contribution in [1.29, 1.82) is 0 Å². The molecule has 2 unspecified atom stereocenters. The molecule has 4 heterocycles. The topological polar surface area (TPSA) is 73.4 Å². The van der Waals surface area contributed by atoms with Crippen LogP contribution in [0.15, 0.2) is 173 Å². The molecule has 0 amide bonds. The third-order valence-corrected chi connectivity index (χ3v) is 10.6. The van der Waals surface area contributed by atoms with Gasteiger partial charge in [-0.05, 0) is 63.4 Å². The van der Waals surface area contributed by atoms with Crippen molar-refractivity contribution < 1.29 is 9.15 Å². The number of aromatic nitrogens is 3. The first-order valence-electron chi connectivity index (χ1n) is 18.1. The Balaban J connectivity index is 1.13. The summed E-state index contributed by atoms with van der Waals surface area (Å²) >= 11 is 0. The zero-order valence-electron chi connectivity index (χ0n) is 28.9. The molecule has 54 heavy (non-hydrogen) atoms. The third-order valence-electron chi connectivity index (χ3n) is 10.6. The van der Waals surface area contributed by atoms with E-state index in [1.54, 1.807) is 0 Å². The summed E-state index contributed by atoms with van der Waals surface area (Å²) in [7, 11) is 0. The molecular formula is C48H30N4O2. The molecule has 0 N–H and O–H groups in total. The first-order chi connectivity index (χ1) is 26.8. The number of ether oxygens (including phenoxy) is 1. The van der Waals surface area contributed by atoms with E-state index >= 15 is 0 Å². The highest BCUT2D eigenvalue weighted by atomic mass is 16.5. The average molecular weight is 695 g/mol. The Bertz CT molecular complexity index is 3000. The summed E-state index contributed by atoms with van der Waals surface area (Å²) in [4.78, 5) is 20.1. The molecule has 0 saturated carbocycles. The number of para-hydroxylation sites is 1. The molecule has 0 radical (unpaired) electrons. The van der Waals surface area contributed by atoms with Gasteiger partial charge in [-0.1, -0.05) is 127 Å². The van der Waals surface area contributed by atoms with E-state index in [2.05, 4.69) is 126 Å². The van der Waals surface area contributed by atoms with Gasteiger partial charge in [0, 0.05) is 45.4 Å². The van der Waals surface area contributed by atoms with Crippen LogP contribution in [0.2, 0.25) is 0 Å². The van der Waals surface area contributed by atoms with Crippen molar-refractivity contribution in [2.45, 2.75) is 12.0 Å². The van der Waals surface area contributed by atoms with E-state index in [1.165, 1.54) is 5.56 Å². The van der Waals surface area contributed by atoms with Gasteiger partial charge in [-0.2, -0.15) is 0 Å². The van der Waals surface area contributed by atoms with Crippen molar-refractivity contribution in [3.63, 3.8) is 0 Å². The summed E-state index contributed by atoms with van der Waals surface area (Å²) < 4.78 is 12.6. The first-order valence-corrected chi connectivity index (χ1v) is 18.1. The molecule has 254 valence electrons. The van der Waals surface area contributed by atoms with Crippen molar-refractivity contribution in [2.75, 3.05) is 0 Å². The summed E-state index contributed by atoms with van der Waals surface area (Å²) in [6.07, 6.45) is 5.81. The van der Waals surface area contributed by atoms with Crippen LogP contribution in [0.3, 0.4) is 0 Å². The minimum absolute atomic E-state index is 0.101. The van der Waals surface area contributed by atoms with Crippen molar-refractivity contribution in [2.24, 2.45) is 4.99 Å². The van der Waals surface area contributed by atoms with Gasteiger partial charge in [0.15, 0.2) is 17.5 Å². The van der Waals surface area contributed by atoms with Gasteiger partial charge in [0.25, 0.3) is 0 Å². The van der Waals surface area contributed by atoms with Crippen LogP contribution in [0.4, 0.5) is 0 Å². The standard InChI is InChI=1S/C48H30N4O2/c1-2-11-29(12-3-1)30-13-8-14-31(27-30)46-50-47(52-48(51-46)39-19-10-22-42-45(39)37-17-6-7-20-40(37)53-42)36-24-23-34(32-15-4-5-16-33(32)36)35-18-9-21-41-44(35)38-25-26-49-28-43(38)54-41/h1-28,38,43H. The maximum absolute atomic E-state index is 6.34. The molecule has 0 saturated heterocycles. The van der Waals surface area contributed by atoms with E-state index in [-0.39, 0.29) is 12.0 Å². The smallest absolute Gasteiger partial charge is 0.164 e. The van der Waals surface area contributed by atoms with Crippen molar-refractivity contribution in [3.8, 4) is 62.2 Å². The monoisotopic (exact) mass is 694 g/mol. The molecule has 2 aliphatic rings. The van der Waals surface area contributed by atoms with Gasteiger partial charge in [-0.3, -0.25) is 4.99 Å². The Morgan fingerprint density at radius 2 is 1.11 bits per heavy atom. The maximum Gasteiger partial charge on any atom is 0.164 e. The van der Waals surface area contributed by atoms with Crippen LogP contribution >= 0.6 is 0 Å². The van der Waals surface area contributed by atoms with Gasteiger partial charge in [0.1, 0.15) is 23.0 Å². The van der Waals surface area contributed by atoms with Gasteiger partial charge in [0.2, 0.25) is 0 Å². The van der Waals surface area contributed by atoms with Gasteiger partial charge >= 0.3 is 0 Å². The second-order valence-corrected chi connectivity index (χ2v) is 13.7. The van der Waals surface area contributed by atoms with E-state index in [1.807, 2.05) is 48.8 Å². The van der Waals surface area contributed by atoms with Gasteiger partial charge < -0.3 is 9.15 Å². The van der Waals surface area contributed by atoms with Crippen molar-refractivity contribution >= 4 is 38.9 Å². The largest absolute Gasteiger partial charge is 0.483 e. The van der Waals surface area contributed by atoms with Crippen molar-refractivity contribution in [1.82, 2.24) is 15.0 Å². The number of rotatable bonds is 5. The summed E-state index contributed by atoms with van der Waals surface area (Å²) in [5.74, 6) is 2.79. The minimum atomic E-state index is -0.101. The SMILES string of the molecule is C1=CC2c3c(cccc3-c3ccc(-c4nc(-c5cccc(-c6ccccc6)c5)nc(-c5cccc6oc7ccccc7c56)n4)c4ccccc34)OC2C=N1. The number of hydrogen-bond donors (Lipinski definition) is 0. The van der Waals surface area contributed by atoms with E-state index in [0.29, 0.717) is 17.5 Å². The fourth-order valence-corrected chi connectivity index (χ4v) is 8.12. The van der Waals surface area contributed by atoms with E-state index in [0.717, 1.165) is 77.4 Å². The third kappa shape index (κ3) is 4.88. The van der Waals surface area contributed by atoms with Gasteiger partial charge in [0.05, 0.1) is 5.92 Å². The van der Waals surface area contributed by atoms with E-state index in [9.17, 15) is 0 Å². The second-order valence-electron chi connectivity index (χ2n) is 13.7. The van der Waals surface area contributed by atoms with Crippen LogP contribution in [0.1, 0.15) is 11.5 Å². The van der Waals surface area contributed by atoms with E-state index in [4.69, 9.17) is 24.1 Å². The predicted octanol–water partition coefficient (Wildman–Crippen LogP) is 11.7. The molecule has 11 rings (SSSR count). The predicted molar refractivity (Wildman–Crippen MR) is 217 cm³/mol. The summed E-state index contributed by atoms with van der Waals surface area (Å²) in [5, 5.41) is 4.16. The number of benzene rings is 7. The highest BCUT2D eigenvalue weighted by molar-refractivity contribution is 6.12. The van der Waals surface area contributed by atoms with Gasteiger partial charge in [-0.25, -0.2) is 15.0 Å². The maximum atomic E-state index is 6.34. The first kappa shape index (κ1) is 30.4. The Kier molecular flexibility index (Phi) is 6.89. The molecule has 6 nitrogen and oxygen atoms in total. The zero-order chi connectivity index (χ0) is 35.6. The van der Waals surface area contributed by atoms with Crippen LogP contribution in [-0.2, 0) is 0 Å².